The van der Waals surface area contributed by atoms with E-state index in [0.29, 0.717) is 40.4 Å². The Bertz CT molecular complexity index is 1910. The van der Waals surface area contributed by atoms with Crippen molar-refractivity contribution in [1.82, 2.24) is 25.0 Å². The molecule has 2 fully saturated rings. The molecule has 1 aliphatic carbocycles. The number of rotatable bonds is 6. The van der Waals surface area contributed by atoms with Crippen LogP contribution in [0.25, 0.3) is 22.4 Å². The second-order valence-corrected chi connectivity index (χ2v) is 13.4. The summed E-state index contributed by atoms with van der Waals surface area (Å²) >= 11 is 7.00. The van der Waals surface area contributed by atoms with Crippen LogP contribution in [-0.2, 0) is 20.8 Å². The molecule has 1 spiro atoms. The highest BCUT2D eigenvalue weighted by Gasteiger charge is 2.51. The Kier molecular flexibility index (Phi) is 7.92. The molecule has 3 aliphatic heterocycles. The maximum absolute atomic E-state index is 15.6. The van der Waals surface area contributed by atoms with Crippen LogP contribution in [0.5, 0.6) is 5.88 Å². The van der Waals surface area contributed by atoms with Crippen LogP contribution in [0.3, 0.4) is 0 Å². The number of halogens is 2. The van der Waals surface area contributed by atoms with Gasteiger partial charge in [0.2, 0.25) is 18.1 Å². The molecule has 13 heteroatoms. The summed E-state index contributed by atoms with van der Waals surface area (Å²) in [5.41, 5.74) is 4.47. The molecule has 3 amide bonds. The highest BCUT2D eigenvalue weighted by Crippen LogP contribution is 2.48. The van der Waals surface area contributed by atoms with Gasteiger partial charge in [-0.1, -0.05) is 23.7 Å². The third kappa shape index (κ3) is 5.19. The van der Waals surface area contributed by atoms with E-state index in [-0.39, 0.29) is 33.6 Å². The van der Waals surface area contributed by atoms with Crippen LogP contribution in [0.4, 0.5) is 10.1 Å². The molecule has 250 valence electrons. The number of amides is 3. The summed E-state index contributed by atoms with van der Waals surface area (Å²) in [4.78, 5) is 47.4. The Morgan fingerprint density at radius 1 is 1.17 bits per heavy atom. The number of pyridine rings is 1. The molecule has 2 atom stereocenters. The smallest absolute Gasteiger partial charge is 0.264 e. The number of likely N-dealkylation sites (tertiary alicyclic amines) is 1. The van der Waals surface area contributed by atoms with Crippen LogP contribution in [0.2, 0.25) is 5.02 Å². The minimum absolute atomic E-state index is 0.115. The Labute approximate surface area is 282 Å². The normalized spacial score (nSPS) is 21.6. The number of aliphatic hydroxyl groups is 1. The largest absolute Gasteiger partial charge is 0.481 e. The van der Waals surface area contributed by atoms with E-state index in [0.717, 1.165) is 48.4 Å². The molecule has 7 rings (SSSR count). The Morgan fingerprint density at radius 3 is 2.65 bits per heavy atom. The first-order chi connectivity index (χ1) is 22.9. The highest BCUT2D eigenvalue weighted by atomic mass is 35.5. The summed E-state index contributed by atoms with van der Waals surface area (Å²) in [6, 6.07) is 10.1. The summed E-state index contributed by atoms with van der Waals surface area (Å²) in [6.45, 7) is 3.33. The van der Waals surface area contributed by atoms with E-state index in [4.69, 9.17) is 21.3 Å². The third-order valence-electron chi connectivity index (χ3n) is 10.1. The monoisotopic (exact) mass is 674 g/mol. The second-order valence-electron chi connectivity index (χ2n) is 13.1. The number of benzene rings is 2. The lowest BCUT2D eigenvalue weighted by Crippen LogP contribution is -2.67. The molecule has 0 bridgehead atoms. The number of carbonyl (C=O) groups excluding carboxylic acids is 3. The third-order valence-corrected chi connectivity index (χ3v) is 10.5. The van der Waals surface area contributed by atoms with Crippen molar-refractivity contribution in [2.45, 2.75) is 50.5 Å². The number of likely N-dealkylation sites (N-methyl/N-ethyl adjacent to an activating group) is 1. The number of nitrogens with one attached hydrogen (secondary N) is 2. The van der Waals surface area contributed by atoms with Gasteiger partial charge in [0.15, 0.2) is 0 Å². The summed E-state index contributed by atoms with van der Waals surface area (Å²) in [5.74, 6) is -1.23. The maximum atomic E-state index is 15.6. The van der Waals surface area contributed by atoms with E-state index in [2.05, 4.69) is 15.5 Å². The van der Waals surface area contributed by atoms with E-state index in [1.807, 2.05) is 6.07 Å². The van der Waals surface area contributed by atoms with Gasteiger partial charge < -0.3 is 25.4 Å². The van der Waals surface area contributed by atoms with Crippen molar-refractivity contribution in [2.75, 3.05) is 39.6 Å². The van der Waals surface area contributed by atoms with Gasteiger partial charge in [0.25, 0.3) is 11.8 Å². The zero-order valence-electron chi connectivity index (χ0n) is 27.1. The molecule has 48 heavy (non-hydrogen) atoms. The average molecular weight is 675 g/mol. The number of aliphatic hydroxyl groups excluding tert-OH is 1. The van der Waals surface area contributed by atoms with Gasteiger partial charge >= 0.3 is 0 Å². The number of carbonyl (C=O) groups is 3. The van der Waals surface area contributed by atoms with Gasteiger partial charge in [-0.2, -0.15) is 0 Å². The molecule has 3 N–H and O–H groups in total. The molecule has 1 aromatic heterocycles. The van der Waals surface area contributed by atoms with Gasteiger partial charge in [-0.15, -0.1) is 0 Å². The molecule has 4 aliphatic rings. The first-order valence-electron chi connectivity index (χ1n) is 15.8. The number of ether oxygens (including phenoxy) is 1. The molecule has 2 aromatic carbocycles. The Hall–Kier alpha value is -4.52. The SMILES string of the molecule is COc1nc(-c2ccc(F)c(-c3cccc(NC(=O)C4=CN(C)C(O)N(C)C4=O)c3C)c2Cl)cc2c1[C@@H](N1CC3(CCC(=O)N3)C1)CC2. The van der Waals surface area contributed by atoms with Crippen LogP contribution >= 0.6 is 11.6 Å². The first-order valence-corrected chi connectivity index (χ1v) is 16.2. The van der Waals surface area contributed by atoms with Crippen LogP contribution in [0.15, 0.2) is 48.2 Å². The van der Waals surface area contributed by atoms with Crippen LogP contribution in [0, 0.1) is 12.7 Å². The van der Waals surface area contributed by atoms with E-state index in [1.54, 1.807) is 45.3 Å². The molecular formula is C35H36ClFN6O5. The first kappa shape index (κ1) is 32.0. The number of aryl methyl sites for hydroxylation is 1. The van der Waals surface area contributed by atoms with Crippen molar-refractivity contribution < 1.29 is 28.6 Å². The second kappa shape index (κ2) is 11.9. The summed E-state index contributed by atoms with van der Waals surface area (Å²) in [5, 5.41) is 16.2. The Morgan fingerprint density at radius 2 is 1.94 bits per heavy atom. The van der Waals surface area contributed by atoms with Crippen molar-refractivity contribution >= 4 is 35.0 Å². The van der Waals surface area contributed by atoms with Crippen molar-refractivity contribution in [1.29, 1.82) is 0 Å². The van der Waals surface area contributed by atoms with E-state index in [1.165, 1.54) is 24.2 Å². The predicted octanol–water partition coefficient (Wildman–Crippen LogP) is 3.98. The molecule has 4 heterocycles. The number of hydrogen-bond donors (Lipinski definition) is 3. The highest BCUT2D eigenvalue weighted by molar-refractivity contribution is 6.36. The number of methoxy groups -OCH3 is 1. The lowest BCUT2D eigenvalue weighted by molar-refractivity contribution is -0.149. The molecule has 0 saturated carbocycles. The van der Waals surface area contributed by atoms with Gasteiger partial charge in [-0.25, -0.2) is 9.37 Å². The van der Waals surface area contributed by atoms with Crippen molar-refractivity contribution in [3.8, 4) is 28.3 Å². The van der Waals surface area contributed by atoms with Crippen molar-refractivity contribution in [3.63, 3.8) is 0 Å². The topological polar surface area (TPSA) is 127 Å². The minimum Gasteiger partial charge on any atom is -0.481 e. The molecule has 2 saturated heterocycles. The molecule has 0 radical (unpaired) electrons. The number of fused-ring (bicyclic) bond motifs is 1. The average Bonchev–Trinajstić information content (AvgIpc) is 3.66. The van der Waals surface area contributed by atoms with Crippen LogP contribution < -0.4 is 15.4 Å². The van der Waals surface area contributed by atoms with E-state index >= 15 is 4.39 Å². The van der Waals surface area contributed by atoms with Crippen LogP contribution in [0.1, 0.15) is 42.0 Å². The summed E-state index contributed by atoms with van der Waals surface area (Å²) in [7, 11) is 4.54. The fraction of sp³-hybridized carbons (Fsp3) is 0.371. The standard InChI is InChI=1S/C35H36ClFN6O5/c1-18-20(6-5-7-24(18)38-31(45)22-15-41(2)34(47)42(3)33(22)46)29-23(37)10-9-21(30(29)36)25-14-19-8-11-26(28(19)32(39-25)48-4)43-16-35(17-43)13-12-27(44)40-35/h5-7,9-10,14-15,26,34,47H,8,11-13,16-17H2,1-4H3,(H,38,45)(H,40,44)/t26-,34?/m0/s1. The minimum atomic E-state index is -1.19. The van der Waals surface area contributed by atoms with Crippen molar-refractivity contribution in [3.05, 3.63) is 75.7 Å². The number of hydrogen-bond acceptors (Lipinski definition) is 8. The van der Waals surface area contributed by atoms with Gasteiger partial charge in [0, 0.05) is 68.2 Å². The van der Waals surface area contributed by atoms with E-state index in [9.17, 15) is 19.5 Å². The fourth-order valence-corrected chi connectivity index (χ4v) is 7.83. The lowest BCUT2D eigenvalue weighted by atomic mass is 9.86. The predicted molar refractivity (Wildman–Crippen MR) is 177 cm³/mol. The number of aromatic nitrogens is 1. The number of anilines is 1. The quantitative estimate of drug-likeness (QED) is 0.336. The van der Waals surface area contributed by atoms with Crippen molar-refractivity contribution in [2.24, 2.45) is 0 Å². The zero-order chi connectivity index (χ0) is 34.1. The fourth-order valence-electron chi connectivity index (χ4n) is 7.48. The number of nitrogens with zero attached hydrogens (tertiary/aromatic N) is 4. The van der Waals surface area contributed by atoms with Gasteiger partial charge in [0.1, 0.15) is 11.4 Å². The molecular weight excluding hydrogens is 639 g/mol. The van der Waals surface area contributed by atoms with Gasteiger partial charge in [0.05, 0.1) is 23.4 Å². The lowest BCUT2D eigenvalue weighted by Gasteiger charge is -2.50. The molecule has 1 unspecified atom stereocenters. The van der Waals surface area contributed by atoms with Crippen LogP contribution in [-0.4, -0.2) is 88.7 Å². The Balaban J connectivity index is 1.19. The van der Waals surface area contributed by atoms with Gasteiger partial charge in [-0.05, 0) is 67.1 Å². The maximum Gasteiger partial charge on any atom is 0.264 e. The summed E-state index contributed by atoms with van der Waals surface area (Å²) < 4.78 is 21.5. The zero-order valence-corrected chi connectivity index (χ0v) is 27.8. The van der Waals surface area contributed by atoms with Gasteiger partial charge in [-0.3, -0.25) is 24.2 Å². The molecule has 3 aromatic rings. The van der Waals surface area contributed by atoms with E-state index < -0.39 is 24.0 Å². The molecule has 11 nitrogen and oxygen atoms in total. The summed E-state index contributed by atoms with van der Waals surface area (Å²) in [6.07, 6.45) is 3.25.